The molecule has 28 heavy (non-hydrogen) atoms. The number of rotatable bonds is 4. The van der Waals surface area contributed by atoms with Crippen LogP contribution >= 0.6 is 11.6 Å². The van der Waals surface area contributed by atoms with Gasteiger partial charge in [-0.15, -0.1) is 0 Å². The molecule has 0 saturated carbocycles. The lowest BCUT2D eigenvalue weighted by Gasteiger charge is -2.13. The van der Waals surface area contributed by atoms with E-state index in [4.69, 9.17) is 11.6 Å². The van der Waals surface area contributed by atoms with Crippen LogP contribution in [0.5, 0.6) is 0 Å². The highest BCUT2D eigenvalue weighted by atomic mass is 35.5. The summed E-state index contributed by atoms with van der Waals surface area (Å²) in [6.07, 6.45) is -1.35. The second kappa shape index (κ2) is 7.59. The predicted molar refractivity (Wildman–Crippen MR) is 97.5 cm³/mol. The van der Waals surface area contributed by atoms with Crippen LogP contribution in [-0.2, 0) is 17.4 Å². The third-order valence-electron chi connectivity index (χ3n) is 3.87. The number of amides is 1. The molecule has 0 fully saturated rings. The molecule has 6 nitrogen and oxygen atoms in total. The van der Waals surface area contributed by atoms with Gasteiger partial charge in [-0.1, -0.05) is 11.6 Å². The number of nitrogens with zero attached hydrogens (tertiary/aromatic N) is 4. The van der Waals surface area contributed by atoms with Crippen molar-refractivity contribution in [1.82, 2.24) is 19.7 Å². The highest BCUT2D eigenvalue weighted by Gasteiger charge is 2.34. The summed E-state index contributed by atoms with van der Waals surface area (Å²) in [5.41, 5.74) is 1.54. The van der Waals surface area contributed by atoms with Gasteiger partial charge in [0.1, 0.15) is 5.15 Å². The zero-order chi connectivity index (χ0) is 20.5. The van der Waals surface area contributed by atoms with E-state index < -0.39 is 11.9 Å². The van der Waals surface area contributed by atoms with Crippen molar-refractivity contribution < 1.29 is 18.0 Å². The minimum Gasteiger partial charge on any atom is -0.326 e. The summed E-state index contributed by atoms with van der Waals surface area (Å²) in [6.45, 7) is 2.90. The lowest BCUT2D eigenvalue weighted by Crippen LogP contribution is -2.10. The Morgan fingerprint density at radius 3 is 2.54 bits per heavy atom. The van der Waals surface area contributed by atoms with Gasteiger partial charge >= 0.3 is 6.18 Å². The van der Waals surface area contributed by atoms with Crippen LogP contribution in [0.2, 0.25) is 5.15 Å². The first-order valence-corrected chi connectivity index (χ1v) is 8.52. The summed E-state index contributed by atoms with van der Waals surface area (Å²) in [6, 6.07) is 5.83. The fraction of sp³-hybridized carbons (Fsp3) is 0.222. The lowest BCUT2D eigenvalue weighted by atomic mass is 10.1. The SMILES string of the molecule is CC(=O)Nc1ccc(-n2nc(C(F)(F)F)cc2C)cc1Cc1cnc(Cl)cn1. The molecule has 0 atom stereocenters. The second-order valence-corrected chi connectivity index (χ2v) is 6.50. The predicted octanol–water partition coefficient (Wildman–Crippen LogP) is 4.19. The largest absolute Gasteiger partial charge is 0.435 e. The molecule has 3 aromatic rings. The Balaban J connectivity index is 2.03. The van der Waals surface area contributed by atoms with Gasteiger partial charge in [-0.05, 0) is 36.8 Å². The Morgan fingerprint density at radius 2 is 1.96 bits per heavy atom. The van der Waals surface area contributed by atoms with E-state index in [0.717, 1.165) is 6.07 Å². The molecule has 0 saturated heterocycles. The summed E-state index contributed by atoms with van der Waals surface area (Å²) < 4.78 is 40.1. The van der Waals surface area contributed by atoms with Gasteiger partial charge in [-0.25, -0.2) is 9.67 Å². The maximum Gasteiger partial charge on any atom is 0.435 e. The maximum atomic E-state index is 13.0. The second-order valence-electron chi connectivity index (χ2n) is 6.11. The van der Waals surface area contributed by atoms with Gasteiger partial charge in [-0.2, -0.15) is 18.3 Å². The van der Waals surface area contributed by atoms with Gasteiger partial charge in [0.05, 0.1) is 23.8 Å². The summed E-state index contributed by atoms with van der Waals surface area (Å²) >= 11 is 5.74. The van der Waals surface area contributed by atoms with Gasteiger partial charge in [0, 0.05) is 24.7 Å². The topological polar surface area (TPSA) is 72.7 Å². The van der Waals surface area contributed by atoms with Crippen molar-refractivity contribution >= 4 is 23.2 Å². The van der Waals surface area contributed by atoms with Crippen LogP contribution in [0.4, 0.5) is 18.9 Å². The van der Waals surface area contributed by atoms with Crippen molar-refractivity contribution in [3.8, 4) is 5.69 Å². The quantitative estimate of drug-likeness (QED) is 0.701. The van der Waals surface area contributed by atoms with E-state index in [9.17, 15) is 18.0 Å². The number of nitrogens with one attached hydrogen (secondary N) is 1. The molecule has 1 N–H and O–H groups in total. The van der Waals surface area contributed by atoms with Crippen molar-refractivity contribution in [3.63, 3.8) is 0 Å². The average Bonchev–Trinajstić information content (AvgIpc) is 3.00. The minimum atomic E-state index is -4.53. The molecular weight excluding hydrogens is 395 g/mol. The number of alkyl halides is 3. The fourth-order valence-electron chi connectivity index (χ4n) is 2.67. The Bertz CT molecular complexity index is 1020. The van der Waals surface area contributed by atoms with E-state index >= 15 is 0 Å². The molecule has 0 aliphatic heterocycles. The van der Waals surface area contributed by atoms with E-state index in [1.54, 1.807) is 18.2 Å². The monoisotopic (exact) mass is 409 g/mol. The Morgan fingerprint density at radius 1 is 1.21 bits per heavy atom. The van der Waals surface area contributed by atoms with E-state index in [0.29, 0.717) is 34.7 Å². The Labute approximate surface area is 163 Å². The third kappa shape index (κ3) is 4.48. The number of hydrogen-bond donors (Lipinski definition) is 1. The smallest absolute Gasteiger partial charge is 0.326 e. The first-order chi connectivity index (χ1) is 13.1. The van der Waals surface area contributed by atoms with E-state index in [1.165, 1.54) is 30.9 Å². The van der Waals surface area contributed by atoms with Crippen LogP contribution in [0, 0.1) is 6.92 Å². The van der Waals surface area contributed by atoms with Gasteiger partial charge in [0.2, 0.25) is 5.91 Å². The van der Waals surface area contributed by atoms with Crippen LogP contribution in [0.25, 0.3) is 5.69 Å². The Hall–Kier alpha value is -2.94. The summed E-state index contributed by atoms with van der Waals surface area (Å²) in [4.78, 5) is 19.6. The lowest BCUT2D eigenvalue weighted by molar-refractivity contribution is -0.141. The first-order valence-electron chi connectivity index (χ1n) is 8.14. The van der Waals surface area contributed by atoms with E-state index in [2.05, 4.69) is 20.4 Å². The molecule has 0 unspecified atom stereocenters. The van der Waals surface area contributed by atoms with Crippen LogP contribution < -0.4 is 5.32 Å². The van der Waals surface area contributed by atoms with E-state index in [1.807, 2.05) is 0 Å². The van der Waals surface area contributed by atoms with Crippen LogP contribution in [0.3, 0.4) is 0 Å². The summed E-state index contributed by atoms with van der Waals surface area (Å²) in [5.74, 6) is -0.272. The van der Waals surface area contributed by atoms with Crippen molar-refractivity contribution in [2.75, 3.05) is 5.32 Å². The fourth-order valence-corrected chi connectivity index (χ4v) is 2.77. The number of aromatic nitrogens is 4. The molecule has 0 aliphatic rings. The maximum absolute atomic E-state index is 13.0. The highest BCUT2D eigenvalue weighted by Crippen LogP contribution is 2.30. The molecule has 1 aromatic carbocycles. The number of carbonyl (C=O) groups is 1. The van der Waals surface area contributed by atoms with E-state index in [-0.39, 0.29) is 11.1 Å². The van der Waals surface area contributed by atoms with Crippen LogP contribution in [0.15, 0.2) is 36.7 Å². The normalized spacial score (nSPS) is 11.5. The Kier molecular flexibility index (Phi) is 5.37. The number of aryl methyl sites for hydroxylation is 1. The standard InChI is InChI=1S/C18H15ClF3N5O/c1-10-5-16(18(20,21)22)26-27(10)14-3-4-15(25-11(2)28)12(7-14)6-13-8-24-17(19)9-23-13/h3-5,7-9H,6H2,1-2H3,(H,25,28). The molecule has 0 bridgehead atoms. The average molecular weight is 410 g/mol. The van der Waals surface area contributed by atoms with Crippen LogP contribution in [0.1, 0.15) is 29.6 Å². The molecule has 10 heteroatoms. The highest BCUT2D eigenvalue weighted by molar-refractivity contribution is 6.29. The first kappa shape index (κ1) is 19.8. The minimum absolute atomic E-state index is 0.242. The van der Waals surface area contributed by atoms with Gasteiger partial charge in [0.15, 0.2) is 5.69 Å². The van der Waals surface area contributed by atoms with Gasteiger partial charge < -0.3 is 5.32 Å². The van der Waals surface area contributed by atoms with Crippen molar-refractivity contribution in [2.45, 2.75) is 26.4 Å². The molecule has 1 amide bonds. The molecule has 0 spiro atoms. The number of hydrogen-bond acceptors (Lipinski definition) is 4. The summed E-state index contributed by atoms with van der Waals surface area (Å²) in [5, 5.41) is 6.61. The van der Waals surface area contributed by atoms with Crippen molar-refractivity contribution in [2.24, 2.45) is 0 Å². The van der Waals surface area contributed by atoms with Crippen LogP contribution in [-0.4, -0.2) is 25.7 Å². The number of halogens is 4. The molecular formula is C18H15ClF3N5O. The molecule has 3 rings (SSSR count). The molecule has 0 aliphatic carbocycles. The molecule has 2 heterocycles. The van der Waals surface area contributed by atoms with Gasteiger partial charge in [-0.3, -0.25) is 9.78 Å². The molecule has 0 radical (unpaired) electrons. The van der Waals surface area contributed by atoms with Crippen molar-refractivity contribution in [1.29, 1.82) is 0 Å². The number of carbonyl (C=O) groups excluding carboxylic acids is 1. The number of anilines is 1. The zero-order valence-electron chi connectivity index (χ0n) is 14.9. The number of benzene rings is 1. The summed E-state index contributed by atoms with van der Waals surface area (Å²) in [7, 11) is 0. The van der Waals surface area contributed by atoms with Crippen molar-refractivity contribution in [3.05, 3.63) is 64.5 Å². The third-order valence-corrected chi connectivity index (χ3v) is 4.06. The molecule has 2 aromatic heterocycles. The zero-order valence-corrected chi connectivity index (χ0v) is 15.6. The van der Waals surface area contributed by atoms with Gasteiger partial charge in [0.25, 0.3) is 0 Å². The molecule has 146 valence electrons.